The molecule has 1 saturated heterocycles. The molecule has 4 aliphatic carbocycles. The van der Waals surface area contributed by atoms with Crippen molar-refractivity contribution in [2.75, 3.05) is 13.7 Å². The molecule has 5 fully saturated rings. The van der Waals surface area contributed by atoms with Crippen molar-refractivity contribution in [1.82, 2.24) is 0 Å². The van der Waals surface area contributed by atoms with Gasteiger partial charge in [-0.1, -0.05) is 6.92 Å². The molecule has 11 heteroatoms. The number of aldehydes is 1. The smallest absolute Gasteiger partial charge is 0.331 e. The van der Waals surface area contributed by atoms with Crippen LogP contribution in [0.2, 0.25) is 0 Å². The molecule has 0 aromatic carbocycles. The molecule has 2 aliphatic heterocycles. The Morgan fingerprint density at radius 2 is 1.80 bits per heavy atom. The lowest BCUT2D eigenvalue weighted by molar-refractivity contribution is -0.322. The van der Waals surface area contributed by atoms with Gasteiger partial charge in [0.25, 0.3) is 0 Å². The number of ether oxygens (including phenoxy) is 4. The van der Waals surface area contributed by atoms with Crippen LogP contribution in [0.3, 0.4) is 0 Å². The van der Waals surface area contributed by atoms with Gasteiger partial charge in [0.2, 0.25) is 0 Å². The Hall–Kier alpha value is -1.44. The van der Waals surface area contributed by atoms with Gasteiger partial charge in [-0.2, -0.15) is 0 Å². The largest absolute Gasteiger partial charge is 0.458 e. The van der Waals surface area contributed by atoms with Crippen LogP contribution in [0.4, 0.5) is 0 Å². The first-order valence-electron chi connectivity index (χ1n) is 15.0. The fourth-order valence-corrected chi connectivity index (χ4v) is 9.98. The Labute approximate surface area is 239 Å². The van der Waals surface area contributed by atoms with Crippen molar-refractivity contribution in [3.8, 4) is 0 Å². The number of hydrogen-bond donors (Lipinski definition) is 5. The highest BCUT2D eigenvalue weighted by molar-refractivity contribution is 5.85. The number of fused-ring (bicyclic) bond motifs is 5. The van der Waals surface area contributed by atoms with E-state index in [1.807, 2.05) is 6.92 Å². The van der Waals surface area contributed by atoms with Gasteiger partial charge in [0.05, 0.1) is 34.9 Å². The van der Waals surface area contributed by atoms with Crippen molar-refractivity contribution in [3.05, 3.63) is 11.6 Å². The SMILES string of the molecule is COC1C(OC2CCC3(C=O)C4CC(O)C5(C)[C@@H](C6=CC(=O)OC6)CC[C@]5(O)C4CCC3(O)C2)OC(C)C(O)C1O. The Bertz CT molecular complexity index is 1100. The normalized spacial score (nSPS) is 54.9. The third-order valence-corrected chi connectivity index (χ3v) is 12.3. The van der Waals surface area contributed by atoms with E-state index >= 15 is 0 Å². The molecule has 4 saturated carbocycles. The van der Waals surface area contributed by atoms with E-state index < -0.39 is 76.8 Å². The molecular weight excluding hydrogens is 536 g/mol. The number of esters is 1. The first kappa shape index (κ1) is 29.6. The van der Waals surface area contributed by atoms with Crippen LogP contribution in [0.1, 0.15) is 65.2 Å². The maximum absolute atomic E-state index is 13.1. The standard InChI is InChI=1S/C30H44O11/c1-15-23(34)24(35)25(38-3)26(40-15)41-17-4-7-28(14-31)20-11-21(32)27(2)18(16-10-22(33)39-13-16)6-9-30(27,37)19(20)5-8-29(28,36)12-17/h10,14-15,17-21,23-26,32,34-37H,4-9,11-13H2,1-3H3/t15?,17?,18-,19?,20?,21?,23?,24?,25?,26?,27?,28?,29?,30+/m1/s1. The number of cyclic esters (lactones) is 1. The van der Waals surface area contributed by atoms with E-state index in [2.05, 4.69) is 0 Å². The first-order valence-corrected chi connectivity index (χ1v) is 15.0. The average Bonchev–Trinajstić information content (AvgIpc) is 3.48. The second-order valence-corrected chi connectivity index (χ2v) is 13.7. The van der Waals surface area contributed by atoms with Crippen molar-refractivity contribution in [3.63, 3.8) is 0 Å². The maximum Gasteiger partial charge on any atom is 0.331 e. The van der Waals surface area contributed by atoms with Gasteiger partial charge >= 0.3 is 5.97 Å². The predicted molar refractivity (Wildman–Crippen MR) is 141 cm³/mol. The highest BCUT2D eigenvalue weighted by Crippen LogP contribution is 2.70. The number of carbonyl (C=O) groups excluding carboxylic acids is 2. The van der Waals surface area contributed by atoms with Crippen molar-refractivity contribution in [2.24, 2.45) is 28.6 Å². The molecule has 0 spiro atoms. The summed E-state index contributed by atoms with van der Waals surface area (Å²) in [7, 11) is 1.40. The number of methoxy groups -OCH3 is 1. The van der Waals surface area contributed by atoms with Gasteiger partial charge in [0, 0.05) is 25.0 Å². The number of hydrogen-bond acceptors (Lipinski definition) is 11. The molecule has 14 atom stereocenters. The number of aliphatic hydroxyl groups excluding tert-OH is 3. The summed E-state index contributed by atoms with van der Waals surface area (Å²) in [5.74, 6) is -1.36. The van der Waals surface area contributed by atoms with Gasteiger partial charge in [-0.15, -0.1) is 0 Å². The van der Waals surface area contributed by atoms with E-state index in [0.29, 0.717) is 32.1 Å². The predicted octanol–water partition coefficient (Wildman–Crippen LogP) is 0.375. The second kappa shape index (κ2) is 10.1. The highest BCUT2D eigenvalue weighted by Gasteiger charge is 2.74. The quantitative estimate of drug-likeness (QED) is 0.173. The van der Waals surface area contributed by atoms with Gasteiger partial charge < -0.3 is 49.3 Å². The zero-order chi connectivity index (χ0) is 29.5. The molecule has 11 nitrogen and oxygen atoms in total. The highest BCUT2D eigenvalue weighted by atomic mass is 16.7. The minimum atomic E-state index is -1.42. The van der Waals surface area contributed by atoms with Crippen LogP contribution in [-0.2, 0) is 28.5 Å². The summed E-state index contributed by atoms with van der Waals surface area (Å²) in [6.45, 7) is 3.70. The fraction of sp³-hybridized carbons (Fsp3) is 0.867. The van der Waals surface area contributed by atoms with Crippen LogP contribution in [0.5, 0.6) is 0 Å². The molecule has 6 aliphatic rings. The minimum Gasteiger partial charge on any atom is -0.458 e. The minimum absolute atomic E-state index is 0.152. The zero-order valence-corrected chi connectivity index (χ0v) is 24.0. The monoisotopic (exact) mass is 580 g/mol. The lowest BCUT2D eigenvalue weighted by Crippen LogP contribution is -2.71. The van der Waals surface area contributed by atoms with Gasteiger partial charge in [0.15, 0.2) is 6.29 Å². The van der Waals surface area contributed by atoms with Crippen LogP contribution in [-0.4, -0.2) is 106 Å². The Morgan fingerprint density at radius 3 is 2.46 bits per heavy atom. The molecule has 0 radical (unpaired) electrons. The van der Waals surface area contributed by atoms with Crippen LogP contribution in [0.15, 0.2) is 11.6 Å². The van der Waals surface area contributed by atoms with E-state index in [1.165, 1.54) is 13.2 Å². The molecular formula is C30H44O11. The number of rotatable bonds is 5. The van der Waals surface area contributed by atoms with Gasteiger partial charge in [-0.25, -0.2) is 4.79 Å². The summed E-state index contributed by atoms with van der Waals surface area (Å²) < 4.78 is 22.6. The summed E-state index contributed by atoms with van der Waals surface area (Å²) in [5, 5.41) is 57.0. The van der Waals surface area contributed by atoms with E-state index in [0.717, 1.165) is 11.9 Å². The maximum atomic E-state index is 13.1. The summed E-state index contributed by atoms with van der Waals surface area (Å²) in [6.07, 6.45) is -1.06. The topological polar surface area (TPSA) is 172 Å². The van der Waals surface area contributed by atoms with Crippen LogP contribution in [0.25, 0.3) is 0 Å². The third-order valence-electron chi connectivity index (χ3n) is 12.3. The van der Waals surface area contributed by atoms with Crippen LogP contribution >= 0.6 is 0 Å². The van der Waals surface area contributed by atoms with E-state index in [4.69, 9.17) is 18.9 Å². The van der Waals surface area contributed by atoms with Crippen molar-refractivity contribution < 1.29 is 54.1 Å². The molecule has 0 aromatic rings. The van der Waals surface area contributed by atoms with E-state index in [1.54, 1.807) is 6.92 Å². The first-order chi connectivity index (χ1) is 19.3. The Morgan fingerprint density at radius 1 is 1.05 bits per heavy atom. The number of aliphatic hydroxyl groups is 5. The zero-order valence-electron chi connectivity index (χ0n) is 24.0. The molecule has 2 heterocycles. The Kier molecular flexibility index (Phi) is 7.26. The van der Waals surface area contributed by atoms with E-state index in [9.17, 15) is 35.1 Å². The van der Waals surface area contributed by atoms with Gasteiger partial charge in [0.1, 0.15) is 31.2 Å². The molecule has 6 rings (SSSR count). The second-order valence-electron chi connectivity index (χ2n) is 13.7. The lowest BCUT2D eigenvalue weighted by atomic mass is 9.41. The third kappa shape index (κ3) is 4.00. The summed E-state index contributed by atoms with van der Waals surface area (Å²) in [6, 6.07) is 0. The van der Waals surface area contributed by atoms with Crippen molar-refractivity contribution >= 4 is 12.3 Å². The fourth-order valence-electron chi connectivity index (χ4n) is 9.98. The molecule has 5 N–H and O–H groups in total. The summed E-state index contributed by atoms with van der Waals surface area (Å²) in [4.78, 5) is 24.9. The van der Waals surface area contributed by atoms with E-state index in [-0.39, 0.29) is 37.7 Å². The van der Waals surface area contributed by atoms with Crippen LogP contribution < -0.4 is 0 Å². The Balaban J connectivity index is 1.25. The van der Waals surface area contributed by atoms with Gasteiger partial charge in [-0.3, -0.25) is 0 Å². The summed E-state index contributed by atoms with van der Waals surface area (Å²) >= 11 is 0. The van der Waals surface area contributed by atoms with Crippen molar-refractivity contribution in [2.45, 2.75) is 119 Å². The van der Waals surface area contributed by atoms with Gasteiger partial charge in [-0.05, 0) is 75.2 Å². The van der Waals surface area contributed by atoms with Crippen molar-refractivity contribution in [1.29, 1.82) is 0 Å². The molecule has 0 amide bonds. The molecule has 0 aromatic heterocycles. The number of carbonyl (C=O) groups is 2. The lowest BCUT2D eigenvalue weighted by Gasteiger charge is -2.66. The molecule has 12 unspecified atom stereocenters. The summed E-state index contributed by atoms with van der Waals surface area (Å²) in [5.41, 5.74) is -3.98. The average molecular weight is 581 g/mol. The molecule has 230 valence electrons. The molecule has 0 bridgehead atoms. The van der Waals surface area contributed by atoms with Crippen LogP contribution in [0, 0.1) is 28.6 Å². The molecule has 41 heavy (non-hydrogen) atoms.